The first-order valence-electron chi connectivity index (χ1n) is 7.25. The second-order valence-corrected chi connectivity index (χ2v) is 6.23. The van der Waals surface area contributed by atoms with Crippen molar-refractivity contribution in [1.82, 2.24) is 4.98 Å². The highest BCUT2D eigenvalue weighted by atomic mass is 35.5. The van der Waals surface area contributed by atoms with Gasteiger partial charge in [0.15, 0.2) is 5.69 Å². The van der Waals surface area contributed by atoms with Gasteiger partial charge in [-0.1, -0.05) is 29.8 Å². The number of nitrogens with one attached hydrogen (secondary N) is 2. The van der Waals surface area contributed by atoms with E-state index in [2.05, 4.69) is 20.5 Å². The summed E-state index contributed by atoms with van der Waals surface area (Å²) in [6.07, 6.45) is 0. The molecule has 0 saturated heterocycles. The summed E-state index contributed by atoms with van der Waals surface area (Å²) < 4.78 is 0. The van der Waals surface area contributed by atoms with Crippen molar-refractivity contribution in [3.05, 3.63) is 52.5 Å². The summed E-state index contributed by atoms with van der Waals surface area (Å²) in [5.41, 5.74) is 4.06. The Balaban J connectivity index is 1.87. The van der Waals surface area contributed by atoms with E-state index in [0.717, 1.165) is 22.3 Å². The lowest BCUT2D eigenvalue weighted by atomic mass is 10.1. The van der Waals surface area contributed by atoms with Crippen molar-refractivity contribution in [2.24, 2.45) is 10.2 Å². The molecule has 0 atom stereocenters. The van der Waals surface area contributed by atoms with Gasteiger partial charge in [0.1, 0.15) is 0 Å². The number of thiocarbonyl (C=S) groups is 1. The van der Waals surface area contributed by atoms with Gasteiger partial charge in [-0.05, 0) is 55.4 Å². The zero-order chi connectivity index (χ0) is 17.3. The Kier molecular flexibility index (Phi) is 4.51. The lowest BCUT2D eigenvalue weighted by molar-refractivity contribution is 0.459. The number of rotatable bonds is 2. The third-order valence-corrected chi connectivity index (χ3v) is 4.09. The Hall–Kier alpha value is -2.44. The summed E-state index contributed by atoms with van der Waals surface area (Å²) >= 11 is 11.2. The average Bonchev–Trinajstić information content (AvgIpc) is 2.84. The number of halogens is 1. The Morgan fingerprint density at radius 1 is 1.21 bits per heavy atom. The number of aryl methyl sites for hydroxylation is 2. The van der Waals surface area contributed by atoms with Crippen LogP contribution in [0, 0.1) is 13.8 Å². The first-order valence-corrected chi connectivity index (χ1v) is 8.03. The van der Waals surface area contributed by atoms with Gasteiger partial charge in [-0.2, -0.15) is 0 Å². The van der Waals surface area contributed by atoms with Crippen molar-refractivity contribution < 1.29 is 5.11 Å². The monoisotopic (exact) mass is 358 g/mol. The summed E-state index contributed by atoms with van der Waals surface area (Å²) in [4.78, 5) is 2.83. The van der Waals surface area contributed by atoms with E-state index in [0.29, 0.717) is 16.1 Å². The molecule has 3 aromatic rings. The number of hydrogen-bond acceptors (Lipinski definition) is 3. The first kappa shape index (κ1) is 16.4. The fraction of sp³-hybridized carbons (Fsp3) is 0.118. The number of aromatic amines is 1. The van der Waals surface area contributed by atoms with Gasteiger partial charge in [0.25, 0.3) is 0 Å². The normalized spacial score (nSPS) is 11.3. The van der Waals surface area contributed by atoms with Crippen molar-refractivity contribution in [2.75, 3.05) is 5.32 Å². The van der Waals surface area contributed by atoms with Gasteiger partial charge < -0.3 is 15.4 Å². The van der Waals surface area contributed by atoms with Gasteiger partial charge in [-0.3, -0.25) is 0 Å². The van der Waals surface area contributed by atoms with Gasteiger partial charge >= 0.3 is 0 Å². The van der Waals surface area contributed by atoms with Crippen LogP contribution in [0.2, 0.25) is 5.02 Å². The zero-order valence-electron chi connectivity index (χ0n) is 13.1. The number of nitrogens with zero attached hydrogens (tertiary/aromatic N) is 2. The van der Waals surface area contributed by atoms with Crippen molar-refractivity contribution in [3.8, 4) is 5.88 Å². The van der Waals surface area contributed by atoms with E-state index in [1.165, 1.54) is 0 Å². The molecule has 0 aliphatic rings. The number of H-pyrrole nitrogens is 1. The van der Waals surface area contributed by atoms with Crippen LogP contribution in [0.4, 0.5) is 11.4 Å². The van der Waals surface area contributed by atoms with Crippen LogP contribution in [0.15, 0.2) is 46.6 Å². The summed E-state index contributed by atoms with van der Waals surface area (Å²) in [6, 6.07) is 11.2. The number of azo groups is 1. The molecule has 7 heteroatoms. The highest BCUT2D eigenvalue weighted by Crippen LogP contribution is 2.36. The van der Waals surface area contributed by atoms with Gasteiger partial charge in [-0.15, -0.1) is 10.2 Å². The molecule has 0 bridgehead atoms. The first-order chi connectivity index (χ1) is 11.5. The summed E-state index contributed by atoms with van der Waals surface area (Å²) in [5, 5.41) is 22.6. The van der Waals surface area contributed by atoms with E-state index in [9.17, 15) is 5.11 Å². The van der Waals surface area contributed by atoms with Crippen LogP contribution < -0.4 is 5.32 Å². The molecule has 0 aliphatic carbocycles. The number of anilines is 1. The Morgan fingerprint density at radius 2 is 1.92 bits per heavy atom. The van der Waals surface area contributed by atoms with Gasteiger partial charge in [0.2, 0.25) is 11.0 Å². The Bertz CT molecular complexity index is 944. The molecule has 122 valence electrons. The number of hydrogen-bond donors (Lipinski definition) is 3. The van der Waals surface area contributed by atoms with Crippen LogP contribution in [-0.2, 0) is 0 Å². The Morgan fingerprint density at radius 3 is 2.62 bits per heavy atom. The molecule has 0 aliphatic heterocycles. The summed E-state index contributed by atoms with van der Waals surface area (Å²) in [6.45, 7) is 3.98. The summed E-state index contributed by atoms with van der Waals surface area (Å²) in [7, 11) is 0. The van der Waals surface area contributed by atoms with Crippen LogP contribution in [0.1, 0.15) is 11.1 Å². The molecule has 0 saturated carbocycles. The van der Waals surface area contributed by atoms with E-state index in [4.69, 9.17) is 23.8 Å². The molecule has 2 aromatic carbocycles. The van der Waals surface area contributed by atoms with Crippen molar-refractivity contribution >= 4 is 51.2 Å². The largest absolute Gasteiger partial charge is 0.493 e. The van der Waals surface area contributed by atoms with Crippen LogP contribution in [-0.4, -0.2) is 15.2 Å². The molecule has 24 heavy (non-hydrogen) atoms. The summed E-state index contributed by atoms with van der Waals surface area (Å²) in [5.74, 6) is -0.0779. The average molecular weight is 359 g/mol. The molecule has 1 heterocycles. The maximum absolute atomic E-state index is 10.0. The topological polar surface area (TPSA) is 72.8 Å². The fourth-order valence-corrected chi connectivity index (χ4v) is 2.79. The lowest BCUT2D eigenvalue weighted by Gasteiger charge is -2.10. The van der Waals surface area contributed by atoms with Crippen molar-refractivity contribution in [3.63, 3.8) is 0 Å². The molecule has 0 spiro atoms. The predicted molar refractivity (Wildman–Crippen MR) is 102 cm³/mol. The highest BCUT2D eigenvalue weighted by Gasteiger charge is 2.11. The number of benzene rings is 2. The Labute approximate surface area is 149 Å². The molecule has 5 nitrogen and oxygen atoms in total. The lowest BCUT2D eigenvalue weighted by Crippen LogP contribution is -2.07. The number of fused-ring (bicyclic) bond motifs is 1. The molecule has 3 N–H and O–H groups in total. The van der Waals surface area contributed by atoms with Crippen molar-refractivity contribution in [2.45, 2.75) is 13.8 Å². The van der Waals surface area contributed by atoms with E-state index < -0.39 is 0 Å². The number of aromatic nitrogens is 1. The van der Waals surface area contributed by atoms with E-state index in [-0.39, 0.29) is 11.0 Å². The second-order valence-electron chi connectivity index (χ2n) is 5.41. The smallest absolute Gasteiger partial charge is 0.218 e. The quantitative estimate of drug-likeness (QED) is 0.411. The third-order valence-electron chi connectivity index (χ3n) is 3.67. The molecular formula is C17H15ClN4OS. The van der Waals surface area contributed by atoms with Gasteiger partial charge in [0, 0.05) is 16.1 Å². The predicted octanol–water partition coefficient (Wildman–Crippen LogP) is 5.62. The van der Waals surface area contributed by atoms with Crippen LogP contribution in [0.5, 0.6) is 5.88 Å². The second kappa shape index (κ2) is 6.59. The standard InChI is InChI=1S/C17H15ClN4OS/c1-9-4-3-5-10(2)14(9)20-17(24)22-21-15-12-8-11(18)6-7-13(12)19-16(15)23/h3-8,19,23H,1-2H3,(H,20,24). The molecule has 1 aromatic heterocycles. The maximum Gasteiger partial charge on any atom is 0.218 e. The van der Waals surface area contributed by atoms with Crippen LogP contribution in [0.3, 0.4) is 0 Å². The van der Waals surface area contributed by atoms with E-state index >= 15 is 0 Å². The molecule has 3 rings (SSSR count). The minimum Gasteiger partial charge on any atom is -0.493 e. The number of para-hydroxylation sites is 1. The molecule has 0 radical (unpaired) electrons. The zero-order valence-corrected chi connectivity index (χ0v) is 14.7. The van der Waals surface area contributed by atoms with E-state index in [1.54, 1.807) is 18.2 Å². The van der Waals surface area contributed by atoms with Gasteiger partial charge in [0.05, 0.1) is 5.52 Å². The minimum absolute atomic E-state index is 0.0779. The molecular weight excluding hydrogens is 344 g/mol. The SMILES string of the molecule is Cc1cccc(C)c1NC(=S)N=Nc1c(O)[nH]c2ccc(Cl)cc12. The number of aromatic hydroxyl groups is 1. The molecule has 0 amide bonds. The molecule has 0 fully saturated rings. The fourth-order valence-electron chi connectivity index (χ4n) is 2.48. The van der Waals surface area contributed by atoms with Crippen LogP contribution >= 0.6 is 23.8 Å². The van der Waals surface area contributed by atoms with Crippen molar-refractivity contribution in [1.29, 1.82) is 0 Å². The highest BCUT2D eigenvalue weighted by molar-refractivity contribution is 7.80. The van der Waals surface area contributed by atoms with Crippen LogP contribution in [0.25, 0.3) is 10.9 Å². The maximum atomic E-state index is 10.0. The molecule has 0 unspecified atom stereocenters. The minimum atomic E-state index is -0.0779. The third kappa shape index (κ3) is 3.25. The van der Waals surface area contributed by atoms with Gasteiger partial charge in [-0.25, -0.2) is 0 Å². The van der Waals surface area contributed by atoms with E-state index in [1.807, 2.05) is 32.0 Å².